The van der Waals surface area contributed by atoms with E-state index in [0.717, 1.165) is 43.0 Å². The second-order valence-corrected chi connectivity index (χ2v) is 9.39. The summed E-state index contributed by atoms with van der Waals surface area (Å²) in [5, 5.41) is 3.80. The molecular formula is C24H35N3O2. The quantitative estimate of drug-likeness (QED) is 0.750. The molecule has 0 unspecified atom stereocenters. The Bertz CT molecular complexity index is 789. The van der Waals surface area contributed by atoms with Gasteiger partial charge in [-0.25, -0.2) is 0 Å². The van der Waals surface area contributed by atoms with Crippen LogP contribution in [0.15, 0.2) is 42.7 Å². The van der Waals surface area contributed by atoms with Crippen molar-refractivity contribution in [2.24, 2.45) is 0 Å². The molecule has 5 nitrogen and oxygen atoms in total. The van der Waals surface area contributed by atoms with Crippen molar-refractivity contribution in [2.45, 2.75) is 70.7 Å². The van der Waals surface area contributed by atoms with E-state index in [2.05, 4.69) is 61.1 Å². The molecule has 158 valence electrons. The number of nitrogens with zero attached hydrogens (tertiary/aromatic N) is 2. The van der Waals surface area contributed by atoms with Gasteiger partial charge in [0, 0.05) is 48.2 Å². The molecule has 2 heterocycles. The van der Waals surface area contributed by atoms with Gasteiger partial charge in [-0.15, -0.1) is 0 Å². The number of methoxy groups -OCH3 is 2. The molecule has 5 heteroatoms. The van der Waals surface area contributed by atoms with Gasteiger partial charge >= 0.3 is 0 Å². The summed E-state index contributed by atoms with van der Waals surface area (Å²) in [6.07, 6.45) is 5.92. The predicted octanol–water partition coefficient (Wildman–Crippen LogP) is 4.41. The molecule has 0 aliphatic carbocycles. The number of piperidine rings is 1. The molecule has 1 aliphatic heterocycles. The molecule has 1 N–H and O–H groups in total. The molecule has 0 saturated carbocycles. The lowest BCUT2D eigenvalue weighted by molar-refractivity contribution is 0.0559. The average Bonchev–Trinajstić information content (AvgIpc) is 2.65. The SMILES string of the molecule is COc1ccc(OC)c(CN(Cc2ccncc2)C2CC(C)(C)NC(C)(C)C2)c1. The van der Waals surface area contributed by atoms with Crippen LogP contribution in [0.5, 0.6) is 11.5 Å². The fourth-order valence-corrected chi connectivity index (χ4v) is 4.79. The van der Waals surface area contributed by atoms with E-state index in [0.29, 0.717) is 6.04 Å². The van der Waals surface area contributed by atoms with Crippen molar-refractivity contribution in [1.82, 2.24) is 15.2 Å². The number of rotatable bonds is 7. The third-order valence-corrected chi connectivity index (χ3v) is 5.68. The van der Waals surface area contributed by atoms with E-state index in [1.807, 2.05) is 24.5 Å². The molecule has 2 aromatic rings. The minimum absolute atomic E-state index is 0.0847. The summed E-state index contributed by atoms with van der Waals surface area (Å²) in [5.41, 5.74) is 2.59. The van der Waals surface area contributed by atoms with Gasteiger partial charge in [0.05, 0.1) is 14.2 Å². The molecule has 3 rings (SSSR count). The van der Waals surface area contributed by atoms with Crippen LogP contribution in [0.3, 0.4) is 0 Å². The van der Waals surface area contributed by atoms with Gasteiger partial charge in [-0.1, -0.05) is 0 Å². The van der Waals surface area contributed by atoms with Crippen LogP contribution in [0, 0.1) is 0 Å². The van der Waals surface area contributed by atoms with Crippen LogP contribution < -0.4 is 14.8 Å². The standard InChI is InChI=1S/C24H35N3O2/c1-23(2)14-20(15-24(3,4)26-23)27(16-18-9-11-25-12-10-18)17-19-13-21(28-5)7-8-22(19)29-6/h7-13,20,26H,14-17H2,1-6H3. The molecule has 0 radical (unpaired) electrons. The van der Waals surface area contributed by atoms with Gasteiger partial charge in [0.15, 0.2) is 0 Å². The van der Waals surface area contributed by atoms with Gasteiger partial charge in [-0.2, -0.15) is 0 Å². The van der Waals surface area contributed by atoms with Gasteiger partial charge in [0.1, 0.15) is 11.5 Å². The number of ether oxygens (including phenoxy) is 2. The molecule has 29 heavy (non-hydrogen) atoms. The lowest BCUT2D eigenvalue weighted by Gasteiger charge is -2.50. The maximum absolute atomic E-state index is 5.66. The first-order valence-corrected chi connectivity index (χ1v) is 10.3. The van der Waals surface area contributed by atoms with E-state index in [-0.39, 0.29) is 11.1 Å². The molecule has 0 amide bonds. The Kier molecular flexibility index (Phi) is 6.49. The molecular weight excluding hydrogens is 362 g/mol. The Morgan fingerprint density at radius 2 is 1.62 bits per heavy atom. The highest BCUT2D eigenvalue weighted by Gasteiger charge is 2.40. The minimum atomic E-state index is 0.0847. The Balaban J connectivity index is 1.93. The van der Waals surface area contributed by atoms with Crippen LogP contribution >= 0.6 is 0 Å². The first kappa shape index (κ1) is 21.6. The zero-order chi connectivity index (χ0) is 21.1. The fraction of sp³-hybridized carbons (Fsp3) is 0.542. The second kappa shape index (κ2) is 8.72. The van der Waals surface area contributed by atoms with Crippen molar-refractivity contribution in [3.05, 3.63) is 53.9 Å². The second-order valence-electron chi connectivity index (χ2n) is 9.39. The summed E-state index contributed by atoms with van der Waals surface area (Å²) in [5.74, 6) is 1.76. The highest BCUT2D eigenvalue weighted by molar-refractivity contribution is 5.40. The van der Waals surface area contributed by atoms with Crippen molar-refractivity contribution in [2.75, 3.05) is 14.2 Å². The van der Waals surface area contributed by atoms with Gasteiger partial charge in [-0.3, -0.25) is 9.88 Å². The van der Waals surface area contributed by atoms with Crippen molar-refractivity contribution in [3.8, 4) is 11.5 Å². The summed E-state index contributed by atoms with van der Waals surface area (Å²) in [6.45, 7) is 10.9. The number of nitrogens with one attached hydrogen (secondary N) is 1. The highest BCUT2D eigenvalue weighted by Crippen LogP contribution is 2.34. The van der Waals surface area contributed by atoms with E-state index in [1.54, 1.807) is 14.2 Å². The van der Waals surface area contributed by atoms with Crippen LogP contribution in [-0.4, -0.2) is 41.2 Å². The maximum atomic E-state index is 5.66. The van der Waals surface area contributed by atoms with Crippen molar-refractivity contribution in [3.63, 3.8) is 0 Å². The van der Waals surface area contributed by atoms with Crippen LogP contribution in [0.1, 0.15) is 51.7 Å². The molecule has 0 bridgehead atoms. The monoisotopic (exact) mass is 397 g/mol. The van der Waals surface area contributed by atoms with E-state index < -0.39 is 0 Å². The zero-order valence-corrected chi connectivity index (χ0v) is 18.7. The van der Waals surface area contributed by atoms with Gasteiger partial charge in [-0.05, 0) is 76.4 Å². The zero-order valence-electron chi connectivity index (χ0n) is 18.7. The third-order valence-electron chi connectivity index (χ3n) is 5.68. The molecule has 1 saturated heterocycles. The Hall–Kier alpha value is -2.11. The van der Waals surface area contributed by atoms with Crippen molar-refractivity contribution in [1.29, 1.82) is 0 Å². The number of pyridine rings is 1. The van der Waals surface area contributed by atoms with Crippen LogP contribution in [0.25, 0.3) is 0 Å². The van der Waals surface area contributed by atoms with E-state index >= 15 is 0 Å². The lowest BCUT2D eigenvalue weighted by atomic mass is 9.78. The normalized spacial score (nSPS) is 18.6. The summed E-state index contributed by atoms with van der Waals surface area (Å²) >= 11 is 0. The molecule has 0 spiro atoms. The van der Waals surface area contributed by atoms with Crippen LogP contribution in [0.2, 0.25) is 0 Å². The van der Waals surface area contributed by atoms with Crippen molar-refractivity contribution >= 4 is 0 Å². The van der Waals surface area contributed by atoms with E-state index in [1.165, 1.54) is 5.56 Å². The molecule has 0 atom stereocenters. The largest absolute Gasteiger partial charge is 0.497 e. The first-order chi connectivity index (χ1) is 13.7. The average molecular weight is 398 g/mol. The summed E-state index contributed by atoms with van der Waals surface area (Å²) in [6, 6.07) is 10.7. The number of hydrogen-bond donors (Lipinski definition) is 1. The molecule has 1 aromatic carbocycles. The number of aromatic nitrogens is 1. The van der Waals surface area contributed by atoms with E-state index in [4.69, 9.17) is 9.47 Å². The van der Waals surface area contributed by atoms with Crippen LogP contribution in [0.4, 0.5) is 0 Å². The lowest BCUT2D eigenvalue weighted by Crippen LogP contribution is -2.62. The van der Waals surface area contributed by atoms with E-state index in [9.17, 15) is 0 Å². The predicted molar refractivity (Wildman–Crippen MR) is 117 cm³/mol. The van der Waals surface area contributed by atoms with Crippen molar-refractivity contribution < 1.29 is 9.47 Å². The number of hydrogen-bond acceptors (Lipinski definition) is 5. The smallest absolute Gasteiger partial charge is 0.123 e. The summed E-state index contributed by atoms with van der Waals surface area (Å²) in [7, 11) is 3.44. The topological polar surface area (TPSA) is 46.6 Å². The molecule has 1 aliphatic rings. The Morgan fingerprint density at radius 3 is 2.21 bits per heavy atom. The maximum Gasteiger partial charge on any atom is 0.123 e. The number of benzene rings is 1. The van der Waals surface area contributed by atoms with Gasteiger partial charge < -0.3 is 14.8 Å². The fourth-order valence-electron chi connectivity index (χ4n) is 4.79. The Morgan fingerprint density at radius 1 is 0.966 bits per heavy atom. The first-order valence-electron chi connectivity index (χ1n) is 10.3. The van der Waals surface area contributed by atoms with Crippen LogP contribution in [-0.2, 0) is 13.1 Å². The highest BCUT2D eigenvalue weighted by atomic mass is 16.5. The third kappa shape index (κ3) is 5.71. The van der Waals surface area contributed by atoms with Gasteiger partial charge in [0.2, 0.25) is 0 Å². The molecule has 1 aromatic heterocycles. The summed E-state index contributed by atoms with van der Waals surface area (Å²) < 4.78 is 11.1. The van der Waals surface area contributed by atoms with Gasteiger partial charge in [0.25, 0.3) is 0 Å². The molecule has 1 fully saturated rings. The Labute approximate surface area is 175 Å². The minimum Gasteiger partial charge on any atom is -0.497 e. The summed E-state index contributed by atoms with van der Waals surface area (Å²) in [4.78, 5) is 6.76.